The highest BCUT2D eigenvalue weighted by Gasteiger charge is 2.22. The van der Waals surface area contributed by atoms with Crippen molar-refractivity contribution in [3.8, 4) is 11.5 Å². The van der Waals surface area contributed by atoms with Gasteiger partial charge in [-0.25, -0.2) is 19.2 Å². The molecule has 0 saturated carbocycles. The van der Waals surface area contributed by atoms with Crippen LogP contribution in [-0.4, -0.2) is 54.5 Å². The molecule has 0 unspecified atom stereocenters. The van der Waals surface area contributed by atoms with E-state index < -0.39 is 35.4 Å². The summed E-state index contributed by atoms with van der Waals surface area (Å²) in [5, 5.41) is 57.6. The number of hydrogen-bond acceptors (Lipinski definition) is 6. The highest BCUT2D eigenvalue weighted by atomic mass is 35.5. The number of phenols is 2. The van der Waals surface area contributed by atoms with Crippen molar-refractivity contribution in [1.82, 2.24) is 0 Å². The van der Waals surface area contributed by atoms with Gasteiger partial charge in [-0.3, -0.25) is 0 Å². The Morgan fingerprint density at radius 1 is 0.568 bits per heavy atom. The molecule has 10 nitrogen and oxygen atoms in total. The van der Waals surface area contributed by atoms with E-state index in [4.69, 9.17) is 19.8 Å². The summed E-state index contributed by atoms with van der Waals surface area (Å²) in [6.07, 6.45) is -0.0407. The van der Waals surface area contributed by atoms with Crippen molar-refractivity contribution in [3.63, 3.8) is 0 Å². The van der Waals surface area contributed by atoms with Crippen LogP contribution in [0.3, 0.4) is 0 Å². The molecule has 4 aromatic rings. The zero-order valence-electron chi connectivity index (χ0n) is 18.6. The van der Waals surface area contributed by atoms with Gasteiger partial charge < -0.3 is 30.6 Å². The minimum Gasteiger partial charge on any atom is -0.507 e. The van der Waals surface area contributed by atoms with E-state index in [1.54, 1.807) is 48.5 Å². The summed E-state index contributed by atoms with van der Waals surface area (Å²) in [7, 11) is 0. The fourth-order valence-electron chi connectivity index (χ4n) is 3.68. The van der Waals surface area contributed by atoms with Gasteiger partial charge in [0.15, 0.2) is 0 Å². The van der Waals surface area contributed by atoms with Crippen LogP contribution >= 0.6 is 24.8 Å². The molecule has 4 rings (SSSR count). The molecular formula is C25H20Cl2O10. The van der Waals surface area contributed by atoms with Crippen LogP contribution in [0, 0.1) is 0 Å². The first kappa shape index (κ1) is 30.5. The molecule has 0 heterocycles. The lowest BCUT2D eigenvalue weighted by atomic mass is 9.90. The monoisotopic (exact) mass is 550 g/mol. The summed E-state index contributed by atoms with van der Waals surface area (Å²) in [5.74, 6) is -7.00. The average molecular weight is 551 g/mol. The fourth-order valence-corrected chi connectivity index (χ4v) is 3.68. The Balaban J connectivity index is 0.000000770. The van der Waals surface area contributed by atoms with Gasteiger partial charge in [-0.05, 0) is 33.7 Å². The number of carboxylic acid groups (broad SMARTS) is 4. The van der Waals surface area contributed by atoms with Crippen LogP contribution in [0.25, 0.3) is 21.5 Å². The van der Waals surface area contributed by atoms with Gasteiger partial charge in [-0.1, -0.05) is 48.5 Å². The number of carbonyl (C=O) groups is 4. The second kappa shape index (κ2) is 12.4. The van der Waals surface area contributed by atoms with Gasteiger partial charge in [-0.2, -0.15) is 0 Å². The largest absolute Gasteiger partial charge is 0.507 e. The number of carboxylic acids is 4. The first-order valence-electron chi connectivity index (χ1n) is 9.92. The van der Waals surface area contributed by atoms with E-state index in [0.29, 0.717) is 32.7 Å². The zero-order chi connectivity index (χ0) is 25.9. The maximum absolute atomic E-state index is 11.6. The fraction of sp³-hybridized carbons (Fsp3) is 0.0400. The number of halogens is 2. The minimum absolute atomic E-state index is 0. The molecule has 0 spiro atoms. The molecule has 0 amide bonds. The Labute approximate surface area is 220 Å². The van der Waals surface area contributed by atoms with E-state index >= 15 is 0 Å². The standard InChI is InChI=1S/C23H16O6.C2H2O4.2ClH/c24-20-16(14-7-3-1-5-12(14)9-18(20)22(26)27)11-17-15-8-4-2-6-13(15)10-19(21(17)25)23(28)29;3-1(4)2(5)6;;/h1-10,24-25H,11H2,(H,26,27)(H,28,29);(H,3,4)(H,5,6);2*1H. The molecule has 6 N–H and O–H groups in total. The number of aliphatic carboxylic acids is 2. The highest BCUT2D eigenvalue weighted by molar-refractivity contribution is 6.27. The molecule has 0 fully saturated rings. The van der Waals surface area contributed by atoms with Crippen LogP contribution in [0.4, 0.5) is 0 Å². The van der Waals surface area contributed by atoms with Gasteiger partial charge in [0.05, 0.1) is 0 Å². The van der Waals surface area contributed by atoms with Gasteiger partial charge in [-0.15, -0.1) is 24.8 Å². The molecule has 4 aromatic carbocycles. The first-order valence-corrected chi connectivity index (χ1v) is 9.92. The van der Waals surface area contributed by atoms with E-state index in [0.717, 1.165) is 0 Å². The number of aromatic hydroxyl groups is 2. The number of aromatic carboxylic acids is 2. The predicted molar refractivity (Wildman–Crippen MR) is 138 cm³/mol. The highest BCUT2D eigenvalue weighted by Crippen LogP contribution is 2.38. The second-order valence-electron chi connectivity index (χ2n) is 7.34. The smallest absolute Gasteiger partial charge is 0.414 e. The van der Waals surface area contributed by atoms with Crippen LogP contribution in [-0.2, 0) is 16.0 Å². The van der Waals surface area contributed by atoms with Crippen LogP contribution in [0.15, 0.2) is 60.7 Å². The summed E-state index contributed by atoms with van der Waals surface area (Å²) >= 11 is 0. The minimum atomic E-state index is -1.82. The summed E-state index contributed by atoms with van der Waals surface area (Å²) < 4.78 is 0. The van der Waals surface area contributed by atoms with Gasteiger partial charge in [0.1, 0.15) is 22.6 Å². The van der Waals surface area contributed by atoms with Crippen molar-refractivity contribution in [2.45, 2.75) is 6.42 Å². The molecule has 0 radical (unpaired) electrons. The third-order valence-corrected chi connectivity index (χ3v) is 5.25. The second-order valence-corrected chi connectivity index (χ2v) is 7.34. The molecule has 37 heavy (non-hydrogen) atoms. The van der Waals surface area contributed by atoms with Gasteiger partial charge >= 0.3 is 23.9 Å². The van der Waals surface area contributed by atoms with Crippen LogP contribution in [0.1, 0.15) is 31.8 Å². The quantitative estimate of drug-likeness (QED) is 0.198. The third kappa shape index (κ3) is 6.37. The SMILES string of the molecule is Cl.Cl.O=C(O)C(=O)O.O=C(O)c1cc2ccccc2c(Cc2c(O)c(C(=O)O)cc3ccccc23)c1O. The van der Waals surface area contributed by atoms with Gasteiger partial charge in [0.25, 0.3) is 0 Å². The lowest BCUT2D eigenvalue weighted by Crippen LogP contribution is -2.09. The van der Waals surface area contributed by atoms with Crippen molar-refractivity contribution in [1.29, 1.82) is 0 Å². The lowest BCUT2D eigenvalue weighted by molar-refractivity contribution is -0.159. The maximum Gasteiger partial charge on any atom is 0.414 e. The van der Waals surface area contributed by atoms with Crippen LogP contribution < -0.4 is 0 Å². The molecule has 0 bridgehead atoms. The number of benzene rings is 4. The maximum atomic E-state index is 11.6. The first-order chi connectivity index (χ1) is 16.5. The Hall–Kier alpha value is -4.54. The van der Waals surface area contributed by atoms with E-state index in [2.05, 4.69) is 0 Å². The Bertz CT molecular complexity index is 1400. The number of rotatable bonds is 4. The molecule has 0 aromatic heterocycles. The Morgan fingerprint density at radius 2 is 0.892 bits per heavy atom. The van der Waals surface area contributed by atoms with Crippen molar-refractivity contribution < 1.29 is 49.8 Å². The molecule has 0 aliphatic carbocycles. The zero-order valence-corrected chi connectivity index (χ0v) is 20.2. The lowest BCUT2D eigenvalue weighted by Gasteiger charge is -2.16. The summed E-state index contributed by atoms with van der Waals surface area (Å²) in [6.45, 7) is 0. The van der Waals surface area contributed by atoms with Crippen molar-refractivity contribution in [2.75, 3.05) is 0 Å². The van der Waals surface area contributed by atoms with Crippen LogP contribution in [0.2, 0.25) is 0 Å². The van der Waals surface area contributed by atoms with Crippen molar-refractivity contribution in [2.24, 2.45) is 0 Å². The molecule has 0 saturated heterocycles. The molecular weight excluding hydrogens is 531 g/mol. The number of hydrogen-bond donors (Lipinski definition) is 6. The average Bonchev–Trinajstić information content (AvgIpc) is 2.81. The van der Waals surface area contributed by atoms with Gasteiger partial charge in [0.2, 0.25) is 0 Å². The molecule has 0 atom stereocenters. The van der Waals surface area contributed by atoms with E-state index in [-0.39, 0.29) is 42.4 Å². The summed E-state index contributed by atoms with van der Waals surface area (Å²) in [6, 6.07) is 16.8. The number of fused-ring (bicyclic) bond motifs is 2. The Kier molecular flexibility index (Phi) is 10.2. The topological polar surface area (TPSA) is 190 Å². The van der Waals surface area contributed by atoms with E-state index in [1.807, 2.05) is 0 Å². The molecule has 12 heteroatoms. The molecule has 0 aliphatic rings. The Morgan fingerprint density at radius 3 is 1.19 bits per heavy atom. The van der Waals surface area contributed by atoms with E-state index in [1.165, 1.54) is 12.1 Å². The van der Waals surface area contributed by atoms with Crippen molar-refractivity contribution >= 4 is 70.2 Å². The van der Waals surface area contributed by atoms with E-state index in [9.17, 15) is 30.0 Å². The van der Waals surface area contributed by atoms with Crippen molar-refractivity contribution in [3.05, 3.63) is 82.9 Å². The van der Waals surface area contributed by atoms with Gasteiger partial charge in [0, 0.05) is 17.5 Å². The third-order valence-electron chi connectivity index (χ3n) is 5.25. The molecule has 194 valence electrons. The predicted octanol–water partition coefficient (Wildman–Crippen LogP) is 4.39. The normalized spacial score (nSPS) is 9.84. The van der Waals surface area contributed by atoms with Crippen LogP contribution in [0.5, 0.6) is 11.5 Å². The summed E-state index contributed by atoms with van der Waals surface area (Å²) in [4.78, 5) is 41.4. The molecule has 0 aliphatic heterocycles. The summed E-state index contributed by atoms with van der Waals surface area (Å²) in [5.41, 5.74) is 0.112.